The molecule has 3 heterocycles. The van der Waals surface area contributed by atoms with Crippen LogP contribution in [0, 0.1) is 0 Å². The first-order chi connectivity index (χ1) is 17.0. The Morgan fingerprint density at radius 1 is 1.11 bits per heavy atom. The lowest BCUT2D eigenvalue weighted by molar-refractivity contribution is -0.117. The highest BCUT2D eigenvalue weighted by Crippen LogP contribution is 2.41. The van der Waals surface area contributed by atoms with Crippen LogP contribution in [0.1, 0.15) is 44.7 Å². The molecule has 1 aliphatic carbocycles. The normalized spacial score (nSPS) is 19.0. The minimum atomic E-state index is -0.439. The fourth-order valence-corrected chi connectivity index (χ4v) is 5.21. The molecule has 1 atom stereocenters. The van der Waals surface area contributed by atoms with Crippen LogP contribution in [0.25, 0.3) is 11.1 Å². The molecule has 180 valence electrons. The molecular weight excluding hydrogens is 442 g/mol. The van der Waals surface area contributed by atoms with E-state index in [-0.39, 0.29) is 11.9 Å². The summed E-state index contributed by atoms with van der Waals surface area (Å²) in [6.45, 7) is 4.78. The lowest BCUT2D eigenvalue weighted by Gasteiger charge is -2.40. The van der Waals surface area contributed by atoms with Crippen molar-refractivity contribution in [2.75, 3.05) is 28.2 Å². The Morgan fingerprint density at radius 2 is 1.97 bits per heavy atom. The lowest BCUT2D eigenvalue weighted by atomic mass is 10.0. The van der Waals surface area contributed by atoms with Crippen LogP contribution in [0.4, 0.5) is 21.9 Å². The van der Waals surface area contributed by atoms with Gasteiger partial charge in [0.1, 0.15) is 5.75 Å². The Morgan fingerprint density at radius 3 is 2.77 bits per heavy atom. The van der Waals surface area contributed by atoms with Crippen molar-refractivity contribution in [2.24, 2.45) is 0 Å². The van der Waals surface area contributed by atoms with Gasteiger partial charge in [-0.2, -0.15) is 5.10 Å². The highest BCUT2D eigenvalue weighted by atomic mass is 16.6. The average Bonchev–Trinajstić information content (AvgIpc) is 3.59. The van der Waals surface area contributed by atoms with Crippen molar-refractivity contribution < 1.29 is 14.3 Å². The number of hydrogen-bond donors (Lipinski definition) is 1. The maximum Gasteiger partial charge on any atom is 0.419 e. The summed E-state index contributed by atoms with van der Waals surface area (Å²) in [7, 11) is 0. The van der Waals surface area contributed by atoms with Crippen molar-refractivity contribution >= 4 is 29.1 Å². The molecule has 0 spiro atoms. The number of carbonyl (C=O) groups excluding carboxylic acids is 2. The van der Waals surface area contributed by atoms with Crippen LogP contribution in [-0.2, 0) is 11.2 Å². The van der Waals surface area contributed by atoms with Gasteiger partial charge in [0.25, 0.3) is 0 Å². The van der Waals surface area contributed by atoms with Gasteiger partial charge in [0.05, 0.1) is 29.7 Å². The van der Waals surface area contributed by atoms with E-state index >= 15 is 0 Å². The zero-order valence-corrected chi connectivity index (χ0v) is 20.0. The Hall–Kier alpha value is -3.81. The molecule has 0 bridgehead atoms. The van der Waals surface area contributed by atoms with Crippen molar-refractivity contribution in [3.63, 3.8) is 0 Å². The SMILES string of the molecule is CC(=O)N1c2ccc(-c3cnn(C4CC4)c3)cc2N(C(=O)Oc2cccc3c2CCCN3)C[C@@H]1C. The van der Waals surface area contributed by atoms with Crippen molar-refractivity contribution in [3.05, 3.63) is 54.4 Å². The maximum atomic E-state index is 13.6. The molecule has 0 saturated heterocycles. The molecule has 6 rings (SSSR count). The summed E-state index contributed by atoms with van der Waals surface area (Å²) in [6.07, 6.45) is 7.66. The predicted octanol–water partition coefficient (Wildman–Crippen LogP) is 5.00. The van der Waals surface area contributed by atoms with Gasteiger partial charge in [-0.15, -0.1) is 0 Å². The lowest BCUT2D eigenvalue weighted by Crippen LogP contribution is -2.52. The predicted molar refractivity (Wildman–Crippen MR) is 135 cm³/mol. The first-order valence-electron chi connectivity index (χ1n) is 12.3. The van der Waals surface area contributed by atoms with Crippen LogP contribution < -0.4 is 19.9 Å². The molecular formula is C27H29N5O3. The summed E-state index contributed by atoms with van der Waals surface area (Å²) in [5.41, 5.74) is 5.37. The molecule has 2 aromatic carbocycles. The highest BCUT2D eigenvalue weighted by molar-refractivity contribution is 6.03. The molecule has 35 heavy (non-hydrogen) atoms. The van der Waals surface area contributed by atoms with E-state index < -0.39 is 6.09 Å². The zero-order chi connectivity index (χ0) is 24.1. The second-order valence-electron chi connectivity index (χ2n) is 9.67. The van der Waals surface area contributed by atoms with Crippen LogP contribution in [0.2, 0.25) is 0 Å². The topological polar surface area (TPSA) is 79.7 Å². The van der Waals surface area contributed by atoms with E-state index in [1.165, 1.54) is 0 Å². The number of rotatable bonds is 3. The van der Waals surface area contributed by atoms with E-state index in [1.54, 1.807) is 16.7 Å². The molecule has 8 nitrogen and oxygen atoms in total. The van der Waals surface area contributed by atoms with E-state index in [9.17, 15) is 9.59 Å². The van der Waals surface area contributed by atoms with Gasteiger partial charge in [0, 0.05) is 43.0 Å². The largest absolute Gasteiger partial charge is 0.419 e. The van der Waals surface area contributed by atoms with E-state index in [4.69, 9.17) is 4.74 Å². The van der Waals surface area contributed by atoms with E-state index in [2.05, 4.69) is 16.6 Å². The Labute approximate surface area is 204 Å². The first kappa shape index (κ1) is 21.7. The molecule has 3 aliphatic rings. The first-order valence-corrected chi connectivity index (χ1v) is 12.3. The van der Waals surface area contributed by atoms with Crippen LogP contribution in [-0.4, -0.2) is 40.9 Å². The third-order valence-corrected chi connectivity index (χ3v) is 7.08. The summed E-state index contributed by atoms with van der Waals surface area (Å²) >= 11 is 0. The second-order valence-corrected chi connectivity index (χ2v) is 9.67. The van der Waals surface area contributed by atoms with Crippen molar-refractivity contribution in [2.45, 2.75) is 51.6 Å². The van der Waals surface area contributed by atoms with E-state index in [0.717, 1.165) is 54.6 Å². The van der Waals surface area contributed by atoms with Crippen molar-refractivity contribution in [1.29, 1.82) is 0 Å². The van der Waals surface area contributed by atoms with Crippen LogP contribution in [0.5, 0.6) is 5.75 Å². The maximum absolute atomic E-state index is 13.6. The zero-order valence-electron chi connectivity index (χ0n) is 20.0. The standard InChI is InChI=1S/C27H29N5O3/c1-17-15-30(27(34)35-26-7-3-6-23-22(26)5-4-12-28-23)25-13-19(8-11-24(25)32(17)18(2)33)20-14-29-31(16-20)21-9-10-21/h3,6-8,11,13-14,16-17,21,28H,4-5,9-10,12,15H2,1-2H3/t17-/m0/s1. The second kappa shape index (κ2) is 8.45. The monoisotopic (exact) mass is 471 g/mol. The van der Waals surface area contributed by atoms with Gasteiger partial charge in [-0.3, -0.25) is 14.4 Å². The molecule has 2 amide bonds. The molecule has 3 aromatic rings. The average molecular weight is 472 g/mol. The summed E-state index contributed by atoms with van der Waals surface area (Å²) in [4.78, 5) is 29.5. The summed E-state index contributed by atoms with van der Waals surface area (Å²) < 4.78 is 7.98. The number of anilines is 3. The third kappa shape index (κ3) is 3.92. The van der Waals surface area contributed by atoms with Gasteiger partial charge in [-0.05, 0) is 62.4 Å². The summed E-state index contributed by atoms with van der Waals surface area (Å²) in [6, 6.07) is 12.0. The Balaban J connectivity index is 1.36. The van der Waals surface area contributed by atoms with Crippen LogP contribution in [0.15, 0.2) is 48.8 Å². The van der Waals surface area contributed by atoms with Crippen LogP contribution >= 0.6 is 0 Å². The number of aromatic nitrogens is 2. The quantitative estimate of drug-likeness (QED) is 0.581. The number of amides is 2. The summed E-state index contributed by atoms with van der Waals surface area (Å²) in [5.74, 6) is 0.536. The molecule has 1 N–H and O–H groups in total. The molecule has 0 radical (unpaired) electrons. The van der Waals surface area contributed by atoms with Gasteiger partial charge in [0.15, 0.2) is 0 Å². The van der Waals surface area contributed by atoms with Crippen molar-refractivity contribution in [1.82, 2.24) is 9.78 Å². The molecule has 1 aromatic heterocycles. The number of benzene rings is 2. The number of carbonyl (C=O) groups is 2. The molecule has 1 fully saturated rings. The minimum absolute atomic E-state index is 0.0516. The Kier molecular flexibility index (Phi) is 5.24. The summed E-state index contributed by atoms with van der Waals surface area (Å²) in [5, 5.41) is 7.89. The smallest absolute Gasteiger partial charge is 0.410 e. The van der Waals surface area contributed by atoms with Crippen LogP contribution in [0.3, 0.4) is 0 Å². The fraction of sp³-hybridized carbons (Fsp3) is 0.370. The molecule has 8 heteroatoms. The molecule has 2 aliphatic heterocycles. The highest BCUT2D eigenvalue weighted by Gasteiger charge is 2.35. The molecule has 1 saturated carbocycles. The van der Waals surface area contributed by atoms with Gasteiger partial charge >= 0.3 is 6.09 Å². The number of nitrogens with one attached hydrogen (secondary N) is 1. The number of fused-ring (bicyclic) bond motifs is 2. The van der Waals surface area contributed by atoms with E-state index in [0.29, 0.717) is 29.7 Å². The Bertz CT molecular complexity index is 1310. The number of nitrogens with zero attached hydrogens (tertiary/aromatic N) is 4. The van der Waals surface area contributed by atoms with Crippen molar-refractivity contribution in [3.8, 4) is 16.9 Å². The van der Waals surface area contributed by atoms with Gasteiger partial charge < -0.3 is 15.0 Å². The minimum Gasteiger partial charge on any atom is -0.410 e. The van der Waals surface area contributed by atoms with Gasteiger partial charge in [-0.1, -0.05) is 12.1 Å². The van der Waals surface area contributed by atoms with E-state index in [1.807, 2.05) is 54.2 Å². The van der Waals surface area contributed by atoms with Gasteiger partial charge in [-0.25, -0.2) is 4.79 Å². The number of hydrogen-bond acceptors (Lipinski definition) is 5. The fourth-order valence-electron chi connectivity index (χ4n) is 5.21. The van der Waals surface area contributed by atoms with Gasteiger partial charge in [0.2, 0.25) is 5.91 Å². The molecule has 0 unspecified atom stereocenters. The number of ether oxygens (including phenoxy) is 1. The third-order valence-electron chi connectivity index (χ3n) is 7.08.